The molecule has 1 saturated heterocycles. The highest BCUT2D eigenvalue weighted by atomic mass is 16.5. The average molecular weight is 277 g/mol. The van der Waals surface area contributed by atoms with Gasteiger partial charge in [0.1, 0.15) is 6.61 Å². The first-order valence-corrected chi connectivity index (χ1v) is 6.78. The second-order valence-corrected chi connectivity index (χ2v) is 5.47. The van der Waals surface area contributed by atoms with Crippen molar-refractivity contribution in [3.05, 3.63) is 23.3 Å². The van der Waals surface area contributed by atoms with Gasteiger partial charge in [0.25, 0.3) is 0 Å². The largest absolute Gasteiger partial charge is 0.493 e. The number of nitrogens with one attached hydrogen (secondary N) is 1. The number of amides is 1. The smallest absolute Gasteiger partial charge is 0.246 e. The van der Waals surface area contributed by atoms with Crippen molar-refractivity contribution in [3.63, 3.8) is 0 Å². The lowest BCUT2D eigenvalue weighted by atomic mass is 9.77. The van der Waals surface area contributed by atoms with Crippen molar-refractivity contribution in [1.82, 2.24) is 5.32 Å². The highest BCUT2D eigenvalue weighted by molar-refractivity contribution is 5.79. The number of carbonyl (C=O) groups excluding carboxylic acids is 1. The van der Waals surface area contributed by atoms with Crippen LogP contribution in [0.2, 0.25) is 0 Å². The van der Waals surface area contributed by atoms with Crippen molar-refractivity contribution < 1.29 is 19.0 Å². The Kier molecular flexibility index (Phi) is 3.30. The predicted molar refractivity (Wildman–Crippen MR) is 73.3 cm³/mol. The van der Waals surface area contributed by atoms with Crippen molar-refractivity contribution in [3.8, 4) is 11.5 Å². The third-order valence-electron chi connectivity index (χ3n) is 4.12. The number of ether oxygens (including phenoxy) is 3. The average Bonchev–Trinajstić information content (AvgIpc) is 2.45. The Morgan fingerprint density at radius 3 is 2.55 bits per heavy atom. The van der Waals surface area contributed by atoms with Gasteiger partial charge in [-0.25, -0.2) is 0 Å². The molecule has 1 aliphatic carbocycles. The molecule has 108 valence electrons. The molecule has 2 aliphatic rings. The number of benzene rings is 1. The van der Waals surface area contributed by atoms with E-state index in [-0.39, 0.29) is 18.1 Å². The van der Waals surface area contributed by atoms with E-state index in [0.717, 1.165) is 30.8 Å². The van der Waals surface area contributed by atoms with E-state index in [2.05, 4.69) is 5.32 Å². The van der Waals surface area contributed by atoms with Gasteiger partial charge in [0.2, 0.25) is 5.91 Å². The SMILES string of the molecule is COc1cc2c(cc1OC)CC1(CC2)COCC(=O)N1. The molecule has 5 nitrogen and oxygen atoms in total. The maximum atomic E-state index is 11.6. The van der Waals surface area contributed by atoms with Gasteiger partial charge in [0, 0.05) is 0 Å². The van der Waals surface area contributed by atoms with E-state index in [0.29, 0.717) is 6.61 Å². The van der Waals surface area contributed by atoms with Crippen LogP contribution in [0.3, 0.4) is 0 Å². The molecule has 1 aliphatic heterocycles. The van der Waals surface area contributed by atoms with Crippen LogP contribution in [0.15, 0.2) is 12.1 Å². The maximum Gasteiger partial charge on any atom is 0.246 e. The number of carbonyl (C=O) groups is 1. The third kappa shape index (κ3) is 2.22. The Morgan fingerprint density at radius 1 is 1.20 bits per heavy atom. The topological polar surface area (TPSA) is 56.8 Å². The Hall–Kier alpha value is -1.75. The van der Waals surface area contributed by atoms with Crippen LogP contribution < -0.4 is 14.8 Å². The zero-order chi connectivity index (χ0) is 14.2. The summed E-state index contributed by atoms with van der Waals surface area (Å²) < 4.78 is 16.1. The van der Waals surface area contributed by atoms with E-state index in [1.165, 1.54) is 11.1 Å². The van der Waals surface area contributed by atoms with Gasteiger partial charge in [0.15, 0.2) is 11.5 Å². The second-order valence-electron chi connectivity index (χ2n) is 5.47. The number of morpholine rings is 1. The molecule has 1 aromatic rings. The molecule has 1 fully saturated rings. The number of hydrogen-bond donors (Lipinski definition) is 1. The molecule has 0 aromatic heterocycles. The van der Waals surface area contributed by atoms with Crippen LogP contribution in [0.5, 0.6) is 11.5 Å². The fraction of sp³-hybridized carbons (Fsp3) is 0.533. The van der Waals surface area contributed by atoms with Crippen molar-refractivity contribution in [2.45, 2.75) is 24.8 Å². The Bertz CT molecular complexity index is 543. The number of aryl methyl sites for hydroxylation is 1. The summed E-state index contributed by atoms with van der Waals surface area (Å²) in [4.78, 5) is 11.6. The lowest BCUT2D eigenvalue weighted by Gasteiger charge is -2.41. The molecular weight excluding hydrogens is 258 g/mol. The highest BCUT2D eigenvalue weighted by Crippen LogP contribution is 2.37. The third-order valence-corrected chi connectivity index (χ3v) is 4.12. The van der Waals surface area contributed by atoms with Gasteiger partial charge in [-0.1, -0.05) is 0 Å². The van der Waals surface area contributed by atoms with Crippen LogP contribution in [0.4, 0.5) is 0 Å². The number of fused-ring (bicyclic) bond motifs is 1. The van der Waals surface area contributed by atoms with Gasteiger partial charge in [-0.05, 0) is 42.5 Å². The van der Waals surface area contributed by atoms with Crippen LogP contribution in [-0.4, -0.2) is 38.9 Å². The van der Waals surface area contributed by atoms with Crippen LogP contribution in [0.1, 0.15) is 17.5 Å². The van der Waals surface area contributed by atoms with E-state index in [4.69, 9.17) is 14.2 Å². The van der Waals surface area contributed by atoms with Gasteiger partial charge in [-0.2, -0.15) is 0 Å². The summed E-state index contributed by atoms with van der Waals surface area (Å²) >= 11 is 0. The van der Waals surface area contributed by atoms with Gasteiger partial charge in [-0.3, -0.25) is 4.79 Å². The monoisotopic (exact) mass is 277 g/mol. The van der Waals surface area contributed by atoms with E-state index < -0.39 is 0 Å². The normalized spacial score (nSPS) is 25.0. The summed E-state index contributed by atoms with van der Waals surface area (Å²) in [5.41, 5.74) is 2.19. The molecule has 1 unspecified atom stereocenters. The summed E-state index contributed by atoms with van der Waals surface area (Å²) in [6.07, 6.45) is 2.56. The maximum absolute atomic E-state index is 11.6. The number of methoxy groups -OCH3 is 2. The summed E-state index contributed by atoms with van der Waals surface area (Å²) in [6.45, 7) is 0.743. The van der Waals surface area contributed by atoms with Gasteiger partial charge < -0.3 is 19.5 Å². The summed E-state index contributed by atoms with van der Waals surface area (Å²) in [5, 5.41) is 3.10. The van der Waals surface area contributed by atoms with Crippen LogP contribution >= 0.6 is 0 Å². The van der Waals surface area contributed by atoms with E-state index in [1.807, 2.05) is 12.1 Å². The predicted octanol–water partition coefficient (Wildman–Crippen LogP) is 1.08. The van der Waals surface area contributed by atoms with Gasteiger partial charge >= 0.3 is 0 Å². The molecule has 1 spiro atoms. The zero-order valence-electron chi connectivity index (χ0n) is 11.8. The molecule has 3 rings (SSSR count). The van der Waals surface area contributed by atoms with Crippen molar-refractivity contribution in [2.24, 2.45) is 0 Å². The van der Waals surface area contributed by atoms with E-state index >= 15 is 0 Å². The van der Waals surface area contributed by atoms with Crippen LogP contribution in [-0.2, 0) is 22.4 Å². The quantitative estimate of drug-likeness (QED) is 0.879. The minimum absolute atomic E-state index is 0.0276. The molecular formula is C15H19NO4. The molecule has 0 saturated carbocycles. The van der Waals surface area contributed by atoms with Crippen molar-refractivity contribution >= 4 is 5.91 Å². The molecule has 0 bridgehead atoms. The Labute approximate surface area is 118 Å². The first kappa shape index (κ1) is 13.2. The molecule has 20 heavy (non-hydrogen) atoms. The first-order valence-electron chi connectivity index (χ1n) is 6.78. The first-order chi connectivity index (χ1) is 9.65. The van der Waals surface area contributed by atoms with Crippen LogP contribution in [0.25, 0.3) is 0 Å². The molecule has 5 heteroatoms. The highest BCUT2D eigenvalue weighted by Gasteiger charge is 2.39. The van der Waals surface area contributed by atoms with E-state index in [1.54, 1.807) is 14.2 Å². The standard InChI is InChI=1S/C15H19NO4/c1-18-12-5-10-3-4-15(9-20-8-14(17)16-15)7-11(10)6-13(12)19-2/h5-6H,3-4,7-9H2,1-2H3,(H,16,17). The van der Waals surface area contributed by atoms with Crippen molar-refractivity contribution in [1.29, 1.82) is 0 Å². The van der Waals surface area contributed by atoms with Crippen molar-refractivity contribution in [2.75, 3.05) is 27.4 Å². The fourth-order valence-corrected chi connectivity index (χ4v) is 3.12. The van der Waals surface area contributed by atoms with Gasteiger partial charge in [0.05, 0.1) is 26.4 Å². The number of rotatable bonds is 2. The molecule has 1 N–H and O–H groups in total. The van der Waals surface area contributed by atoms with Crippen LogP contribution in [0, 0.1) is 0 Å². The molecule has 1 amide bonds. The Balaban J connectivity index is 1.92. The minimum Gasteiger partial charge on any atom is -0.493 e. The Morgan fingerprint density at radius 2 is 1.90 bits per heavy atom. The molecule has 0 radical (unpaired) electrons. The zero-order valence-corrected chi connectivity index (χ0v) is 11.8. The summed E-state index contributed by atoms with van der Waals surface area (Å²) in [6, 6.07) is 4.04. The minimum atomic E-state index is -0.262. The number of hydrogen-bond acceptors (Lipinski definition) is 4. The molecule has 1 atom stereocenters. The summed E-state index contributed by atoms with van der Waals surface area (Å²) in [7, 11) is 3.28. The fourth-order valence-electron chi connectivity index (χ4n) is 3.12. The molecule has 1 heterocycles. The lowest BCUT2D eigenvalue weighted by Crippen LogP contribution is -2.59. The summed E-state index contributed by atoms with van der Waals surface area (Å²) in [5.74, 6) is 1.46. The second kappa shape index (κ2) is 4.98. The van der Waals surface area contributed by atoms with Gasteiger partial charge in [-0.15, -0.1) is 0 Å². The van der Waals surface area contributed by atoms with E-state index in [9.17, 15) is 4.79 Å². The lowest BCUT2D eigenvalue weighted by molar-refractivity contribution is -0.135. The molecule has 1 aromatic carbocycles.